The molecule has 0 fully saturated rings. The van der Waals surface area contributed by atoms with Gasteiger partial charge in [0.2, 0.25) is 0 Å². The summed E-state index contributed by atoms with van der Waals surface area (Å²) in [6.07, 6.45) is 7.32. The van der Waals surface area contributed by atoms with Crippen LogP contribution in [0.25, 0.3) is 5.57 Å². The van der Waals surface area contributed by atoms with Crippen molar-refractivity contribution < 1.29 is 4.52 Å². The second-order valence-corrected chi connectivity index (χ2v) is 6.49. The van der Waals surface area contributed by atoms with Gasteiger partial charge in [0.25, 0.3) is 0 Å². The van der Waals surface area contributed by atoms with E-state index in [2.05, 4.69) is 48.5 Å². The highest BCUT2D eigenvalue weighted by Crippen LogP contribution is 2.42. The van der Waals surface area contributed by atoms with Gasteiger partial charge in [-0.3, -0.25) is 0 Å². The molecule has 3 rings (SSSR count). The van der Waals surface area contributed by atoms with Crippen LogP contribution in [-0.2, 0) is 0 Å². The fraction of sp³-hybridized carbons (Fsp3) is 0.450. The van der Waals surface area contributed by atoms with Crippen LogP contribution in [0.5, 0.6) is 0 Å². The van der Waals surface area contributed by atoms with E-state index < -0.39 is 0 Å². The Labute approximate surface area is 133 Å². The lowest BCUT2D eigenvalue weighted by molar-refractivity contribution is 0.392. The van der Waals surface area contributed by atoms with Crippen molar-refractivity contribution in [3.63, 3.8) is 0 Å². The maximum atomic E-state index is 5.39. The molecule has 1 aliphatic carbocycles. The van der Waals surface area contributed by atoms with Crippen LogP contribution in [-0.4, -0.2) is 5.16 Å². The molecule has 0 aliphatic heterocycles. The molecule has 1 heterocycles. The summed E-state index contributed by atoms with van der Waals surface area (Å²) in [5.74, 6) is 2.21. The molecular formula is C20H25NO. The first-order valence-electron chi connectivity index (χ1n) is 8.38. The minimum Gasteiger partial charge on any atom is -0.361 e. The molecule has 22 heavy (non-hydrogen) atoms. The maximum Gasteiger partial charge on any atom is 0.141 e. The minimum atomic E-state index is 0.603. The molecule has 2 nitrogen and oxygen atoms in total. The monoisotopic (exact) mass is 295 g/mol. The van der Waals surface area contributed by atoms with E-state index in [9.17, 15) is 0 Å². The molecule has 0 N–H and O–H groups in total. The number of rotatable bonds is 4. The van der Waals surface area contributed by atoms with Gasteiger partial charge in [-0.05, 0) is 56.1 Å². The quantitative estimate of drug-likeness (QED) is 0.726. The van der Waals surface area contributed by atoms with Crippen LogP contribution in [0.2, 0.25) is 0 Å². The van der Waals surface area contributed by atoms with Crippen molar-refractivity contribution in [1.82, 2.24) is 5.16 Å². The second kappa shape index (κ2) is 6.51. The van der Waals surface area contributed by atoms with Crippen LogP contribution in [0.3, 0.4) is 0 Å². The van der Waals surface area contributed by atoms with Crippen LogP contribution < -0.4 is 0 Å². The van der Waals surface area contributed by atoms with Gasteiger partial charge in [0.15, 0.2) is 0 Å². The Morgan fingerprint density at radius 2 is 1.95 bits per heavy atom. The van der Waals surface area contributed by atoms with Crippen LogP contribution in [0.15, 0.2) is 40.9 Å². The third kappa shape index (κ3) is 3.01. The highest BCUT2D eigenvalue weighted by molar-refractivity contribution is 5.70. The highest BCUT2D eigenvalue weighted by Gasteiger charge is 2.26. The number of aromatic nitrogens is 1. The first kappa shape index (κ1) is 15.1. The first-order chi connectivity index (χ1) is 10.7. The highest BCUT2D eigenvalue weighted by atomic mass is 16.5. The summed E-state index contributed by atoms with van der Waals surface area (Å²) in [5, 5.41) is 4.14. The molecule has 2 heteroatoms. The van der Waals surface area contributed by atoms with Crippen LogP contribution in [0.1, 0.15) is 61.1 Å². The van der Waals surface area contributed by atoms with E-state index >= 15 is 0 Å². The van der Waals surface area contributed by atoms with Crippen molar-refractivity contribution in [1.29, 1.82) is 0 Å². The maximum absolute atomic E-state index is 5.39. The smallest absolute Gasteiger partial charge is 0.141 e. The first-order valence-corrected chi connectivity index (χ1v) is 8.38. The Balaban J connectivity index is 1.95. The van der Waals surface area contributed by atoms with Crippen LogP contribution >= 0.6 is 0 Å². The second-order valence-electron chi connectivity index (χ2n) is 6.49. The molecule has 1 aromatic heterocycles. The van der Waals surface area contributed by atoms with E-state index in [1.54, 1.807) is 0 Å². The lowest BCUT2D eigenvalue weighted by atomic mass is 9.75. The van der Waals surface area contributed by atoms with Crippen molar-refractivity contribution in [2.45, 2.75) is 52.4 Å². The molecule has 2 unspecified atom stereocenters. The molecule has 2 aromatic rings. The zero-order valence-corrected chi connectivity index (χ0v) is 13.8. The van der Waals surface area contributed by atoms with Gasteiger partial charge < -0.3 is 4.52 Å². The third-order valence-electron chi connectivity index (χ3n) is 4.78. The summed E-state index contributed by atoms with van der Waals surface area (Å²) in [4.78, 5) is 0. The predicted octanol–water partition coefficient (Wildman–Crippen LogP) is 5.67. The van der Waals surface area contributed by atoms with Gasteiger partial charge in [0, 0.05) is 5.56 Å². The molecular weight excluding hydrogens is 270 g/mol. The summed E-state index contributed by atoms with van der Waals surface area (Å²) in [7, 11) is 0. The molecule has 1 aliphatic rings. The Morgan fingerprint density at radius 3 is 2.59 bits per heavy atom. The average molecular weight is 295 g/mol. The number of nitrogens with zero attached hydrogens (tertiary/aromatic N) is 1. The molecule has 0 amide bonds. The summed E-state index contributed by atoms with van der Waals surface area (Å²) < 4.78 is 5.39. The van der Waals surface area contributed by atoms with E-state index in [4.69, 9.17) is 4.52 Å². The van der Waals surface area contributed by atoms with Gasteiger partial charge in [-0.2, -0.15) is 0 Å². The lowest BCUT2D eigenvalue weighted by Crippen LogP contribution is -2.13. The van der Waals surface area contributed by atoms with Gasteiger partial charge in [-0.25, -0.2) is 0 Å². The van der Waals surface area contributed by atoms with E-state index in [-0.39, 0.29) is 0 Å². The molecule has 0 spiro atoms. The predicted molar refractivity (Wildman–Crippen MR) is 90.8 cm³/mol. The van der Waals surface area contributed by atoms with Gasteiger partial charge >= 0.3 is 0 Å². The van der Waals surface area contributed by atoms with Gasteiger partial charge in [0.1, 0.15) is 5.76 Å². The zero-order valence-electron chi connectivity index (χ0n) is 13.8. The van der Waals surface area contributed by atoms with Crippen LogP contribution in [0.4, 0.5) is 0 Å². The van der Waals surface area contributed by atoms with Gasteiger partial charge in [-0.1, -0.05) is 54.9 Å². The van der Waals surface area contributed by atoms with Crippen molar-refractivity contribution in [2.24, 2.45) is 5.92 Å². The Hall–Kier alpha value is -1.83. The van der Waals surface area contributed by atoms with E-state index in [1.165, 1.54) is 36.0 Å². The fourth-order valence-electron chi connectivity index (χ4n) is 3.81. The lowest BCUT2D eigenvalue weighted by Gasteiger charge is -2.29. The van der Waals surface area contributed by atoms with Crippen molar-refractivity contribution >= 4 is 5.57 Å². The molecule has 2 atom stereocenters. The van der Waals surface area contributed by atoms with Crippen molar-refractivity contribution in [3.8, 4) is 0 Å². The fourth-order valence-corrected chi connectivity index (χ4v) is 3.81. The summed E-state index contributed by atoms with van der Waals surface area (Å²) in [5.41, 5.74) is 5.14. The Bertz CT molecular complexity index is 634. The Morgan fingerprint density at radius 1 is 1.18 bits per heavy atom. The number of aryl methyl sites for hydroxylation is 2. The average Bonchev–Trinajstić information content (AvgIpc) is 2.87. The molecule has 0 radical (unpaired) electrons. The number of benzene rings is 1. The van der Waals surface area contributed by atoms with Gasteiger partial charge in [-0.15, -0.1) is 0 Å². The molecule has 1 aromatic carbocycles. The number of hydrogen-bond donors (Lipinski definition) is 0. The molecule has 0 saturated heterocycles. The molecule has 116 valence electrons. The van der Waals surface area contributed by atoms with E-state index in [1.807, 2.05) is 13.8 Å². The topological polar surface area (TPSA) is 26.0 Å². The minimum absolute atomic E-state index is 0.603. The SMILES string of the molecule is CCCC1C=C(c2c(C)noc2C)CC(c2ccccc2)C1. The Kier molecular flexibility index (Phi) is 4.47. The van der Waals surface area contributed by atoms with Crippen molar-refractivity contribution in [2.75, 3.05) is 0 Å². The largest absolute Gasteiger partial charge is 0.361 e. The third-order valence-corrected chi connectivity index (χ3v) is 4.78. The number of allylic oxidation sites excluding steroid dienone is 2. The van der Waals surface area contributed by atoms with Gasteiger partial charge in [0.05, 0.1) is 5.69 Å². The molecule has 0 saturated carbocycles. The van der Waals surface area contributed by atoms with E-state index in [0.29, 0.717) is 11.8 Å². The summed E-state index contributed by atoms with van der Waals surface area (Å²) >= 11 is 0. The number of hydrogen-bond acceptors (Lipinski definition) is 2. The normalized spacial score (nSPS) is 21.7. The van der Waals surface area contributed by atoms with E-state index in [0.717, 1.165) is 17.9 Å². The van der Waals surface area contributed by atoms with Crippen molar-refractivity contribution in [3.05, 3.63) is 59.0 Å². The summed E-state index contributed by atoms with van der Waals surface area (Å²) in [6, 6.07) is 10.9. The standard InChI is InChI=1S/C20H25NO/c1-4-8-16-11-18(17-9-6-5-7-10-17)13-19(12-16)20-14(2)21-22-15(20)3/h5-7,9-10,12,16,18H,4,8,11,13H2,1-3H3. The molecule has 0 bridgehead atoms. The summed E-state index contributed by atoms with van der Waals surface area (Å²) in [6.45, 7) is 6.35. The zero-order chi connectivity index (χ0) is 15.5. The van der Waals surface area contributed by atoms with Crippen LogP contribution in [0, 0.1) is 19.8 Å².